The maximum atomic E-state index is 12.6. The van der Waals surface area contributed by atoms with Gasteiger partial charge >= 0.3 is 0 Å². The predicted molar refractivity (Wildman–Crippen MR) is 83.9 cm³/mol. The van der Waals surface area contributed by atoms with E-state index < -0.39 is 0 Å². The van der Waals surface area contributed by atoms with Gasteiger partial charge in [0.15, 0.2) is 0 Å². The highest BCUT2D eigenvalue weighted by atomic mass is 32.1. The lowest BCUT2D eigenvalue weighted by Gasteiger charge is -2.25. The largest absolute Gasteiger partial charge is 0.333 e. The average molecular weight is 313 g/mol. The summed E-state index contributed by atoms with van der Waals surface area (Å²) in [5.41, 5.74) is 1.54. The normalized spacial score (nSPS) is 23.9. The van der Waals surface area contributed by atoms with Gasteiger partial charge < -0.3 is 9.80 Å². The van der Waals surface area contributed by atoms with E-state index in [1.54, 1.807) is 12.4 Å². The second-order valence-corrected chi connectivity index (χ2v) is 6.39. The van der Waals surface area contributed by atoms with Gasteiger partial charge in [-0.3, -0.25) is 14.6 Å². The van der Waals surface area contributed by atoms with Gasteiger partial charge in [-0.1, -0.05) is 0 Å². The summed E-state index contributed by atoms with van der Waals surface area (Å²) >= 11 is 1.52. The van der Waals surface area contributed by atoms with E-state index in [1.807, 2.05) is 38.8 Å². The van der Waals surface area contributed by atoms with Crippen molar-refractivity contribution in [2.24, 2.45) is 0 Å². The van der Waals surface area contributed by atoms with Crippen LogP contribution in [0.2, 0.25) is 0 Å². The minimum Gasteiger partial charge on any atom is -0.333 e. The monoisotopic (exact) mass is 313 g/mol. The molecule has 0 aliphatic carbocycles. The van der Waals surface area contributed by atoms with Gasteiger partial charge in [-0.25, -0.2) is 0 Å². The van der Waals surface area contributed by atoms with E-state index in [-0.39, 0.29) is 23.9 Å². The van der Waals surface area contributed by atoms with Crippen molar-refractivity contribution in [3.63, 3.8) is 0 Å². The number of hydrogen-bond donors (Lipinski definition) is 0. The van der Waals surface area contributed by atoms with E-state index in [0.29, 0.717) is 13.0 Å². The van der Waals surface area contributed by atoms with Gasteiger partial charge in [0.2, 0.25) is 5.91 Å². The van der Waals surface area contributed by atoms with Gasteiger partial charge in [-0.2, -0.15) is 11.3 Å². The number of carbonyl (C=O) groups excluding carboxylic acids is 2. The second kappa shape index (κ2) is 5.21. The van der Waals surface area contributed by atoms with Crippen LogP contribution in [0.3, 0.4) is 0 Å². The van der Waals surface area contributed by atoms with Crippen molar-refractivity contribution in [3.05, 3.63) is 46.9 Å². The van der Waals surface area contributed by atoms with Crippen LogP contribution in [0.4, 0.5) is 5.69 Å². The molecule has 4 heterocycles. The summed E-state index contributed by atoms with van der Waals surface area (Å²) in [6.45, 7) is 0.702. The molecule has 2 aromatic heterocycles. The predicted octanol–water partition coefficient (Wildman–Crippen LogP) is 2.16. The molecule has 2 aliphatic heterocycles. The first-order valence-corrected chi connectivity index (χ1v) is 8.25. The zero-order valence-electron chi connectivity index (χ0n) is 11.9. The zero-order valence-corrected chi connectivity index (χ0v) is 12.7. The Morgan fingerprint density at radius 2 is 2.23 bits per heavy atom. The Hall–Kier alpha value is -2.21. The molecule has 0 bridgehead atoms. The molecule has 2 unspecified atom stereocenters. The fourth-order valence-electron chi connectivity index (χ4n) is 3.48. The molecule has 6 heteroatoms. The van der Waals surface area contributed by atoms with E-state index in [1.165, 1.54) is 11.3 Å². The van der Waals surface area contributed by atoms with Crippen molar-refractivity contribution < 1.29 is 9.59 Å². The Labute approximate surface area is 132 Å². The molecule has 0 spiro atoms. The number of hydrogen-bond acceptors (Lipinski definition) is 4. The number of amides is 2. The lowest BCUT2D eigenvalue weighted by Crippen LogP contribution is -2.39. The molecular weight excluding hydrogens is 298 g/mol. The highest BCUT2D eigenvalue weighted by molar-refractivity contribution is 7.08. The number of thiophene rings is 1. The number of aromatic nitrogens is 1. The molecule has 0 saturated carbocycles. The topological polar surface area (TPSA) is 53.5 Å². The van der Waals surface area contributed by atoms with Crippen LogP contribution in [0.1, 0.15) is 23.2 Å². The highest BCUT2D eigenvalue weighted by Crippen LogP contribution is 2.36. The standard InChI is InChI=1S/C16H15N3O2S/c20-15-8-14-13(19(15)12-2-1-5-17-9-12)3-6-18(14)16(21)11-4-7-22-10-11/h1-2,4-5,7,9-10,13-14H,3,6,8H2. The van der Waals surface area contributed by atoms with Crippen molar-refractivity contribution in [2.45, 2.75) is 24.9 Å². The third-order valence-electron chi connectivity index (χ3n) is 4.45. The van der Waals surface area contributed by atoms with Gasteiger partial charge in [0.1, 0.15) is 0 Å². The van der Waals surface area contributed by atoms with Crippen LogP contribution in [0.25, 0.3) is 0 Å². The lowest BCUT2D eigenvalue weighted by molar-refractivity contribution is -0.117. The van der Waals surface area contributed by atoms with E-state index >= 15 is 0 Å². The molecule has 22 heavy (non-hydrogen) atoms. The fourth-order valence-corrected chi connectivity index (χ4v) is 4.11. The maximum Gasteiger partial charge on any atom is 0.255 e. The van der Waals surface area contributed by atoms with Crippen LogP contribution < -0.4 is 4.90 Å². The molecule has 112 valence electrons. The Morgan fingerprint density at radius 1 is 1.32 bits per heavy atom. The van der Waals surface area contributed by atoms with Crippen molar-refractivity contribution >= 4 is 28.8 Å². The van der Waals surface area contributed by atoms with Crippen molar-refractivity contribution in [3.8, 4) is 0 Å². The molecule has 0 radical (unpaired) electrons. The van der Waals surface area contributed by atoms with Gasteiger partial charge in [-0.05, 0) is 30.0 Å². The lowest BCUT2D eigenvalue weighted by atomic mass is 10.1. The Morgan fingerprint density at radius 3 is 2.95 bits per heavy atom. The average Bonchev–Trinajstić information content (AvgIpc) is 3.23. The molecule has 2 aromatic rings. The minimum absolute atomic E-state index is 0.0277. The molecule has 0 N–H and O–H groups in total. The van der Waals surface area contributed by atoms with Crippen LogP contribution in [-0.2, 0) is 4.79 Å². The maximum absolute atomic E-state index is 12.6. The second-order valence-electron chi connectivity index (χ2n) is 5.61. The zero-order chi connectivity index (χ0) is 15.1. The smallest absolute Gasteiger partial charge is 0.255 e. The highest BCUT2D eigenvalue weighted by Gasteiger charge is 2.49. The first-order valence-electron chi connectivity index (χ1n) is 7.31. The van der Waals surface area contributed by atoms with Crippen LogP contribution in [0.15, 0.2) is 41.4 Å². The summed E-state index contributed by atoms with van der Waals surface area (Å²) in [6.07, 6.45) is 4.63. The summed E-state index contributed by atoms with van der Waals surface area (Å²) in [6, 6.07) is 5.62. The van der Waals surface area contributed by atoms with E-state index in [0.717, 1.165) is 17.7 Å². The number of nitrogens with zero attached hydrogens (tertiary/aromatic N) is 3. The van der Waals surface area contributed by atoms with Crippen molar-refractivity contribution in [1.29, 1.82) is 0 Å². The summed E-state index contributed by atoms with van der Waals surface area (Å²) < 4.78 is 0. The third kappa shape index (κ3) is 2.02. The summed E-state index contributed by atoms with van der Waals surface area (Å²) in [4.78, 5) is 32.8. The molecule has 2 amide bonds. The molecule has 4 rings (SSSR count). The van der Waals surface area contributed by atoms with Crippen LogP contribution in [0, 0.1) is 0 Å². The molecule has 5 nitrogen and oxygen atoms in total. The Balaban J connectivity index is 1.61. The number of fused-ring (bicyclic) bond motifs is 1. The Kier molecular flexibility index (Phi) is 3.18. The number of carbonyl (C=O) groups is 2. The van der Waals surface area contributed by atoms with Crippen molar-refractivity contribution in [2.75, 3.05) is 11.4 Å². The van der Waals surface area contributed by atoms with Crippen LogP contribution in [-0.4, -0.2) is 40.3 Å². The number of rotatable bonds is 2. The molecular formula is C16H15N3O2S. The summed E-state index contributed by atoms with van der Waals surface area (Å²) in [7, 11) is 0. The van der Waals surface area contributed by atoms with Gasteiger partial charge in [0, 0.05) is 24.5 Å². The molecule has 2 fully saturated rings. The van der Waals surface area contributed by atoms with Gasteiger partial charge in [-0.15, -0.1) is 0 Å². The Bertz CT molecular complexity index is 701. The van der Waals surface area contributed by atoms with Gasteiger partial charge in [0.05, 0.1) is 29.5 Å². The number of likely N-dealkylation sites (tertiary alicyclic amines) is 1. The van der Waals surface area contributed by atoms with E-state index in [2.05, 4.69) is 4.98 Å². The van der Waals surface area contributed by atoms with E-state index in [4.69, 9.17) is 0 Å². The van der Waals surface area contributed by atoms with Crippen LogP contribution >= 0.6 is 11.3 Å². The molecule has 2 atom stereocenters. The first-order chi connectivity index (χ1) is 10.8. The summed E-state index contributed by atoms with van der Waals surface area (Å²) in [5, 5.41) is 3.77. The summed E-state index contributed by atoms with van der Waals surface area (Å²) in [5.74, 6) is 0.111. The SMILES string of the molecule is O=C(c1ccsc1)N1CCC2C1CC(=O)N2c1cccnc1. The molecule has 0 aromatic carbocycles. The quantitative estimate of drug-likeness (QED) is 0.854. The first kappa shape index (κ1) is 13.5. The van der Waals surface area contributed by atoms with Gasteiger partial charge in [0.25, 0.3) is 5.91 Å². The molecule has 2 saturated heterocycles. The van der Waals surface area contributed by atoms with Crippen LogP contribution in [0.5, 0.6) is 0 Å². The van der Waals surface area contributed by atoms with E-state index in [9.17, 15) is 9.59 Å². The number of pyridine rings is 1. The fraction of sp³-hybridized carbons (Fsp3) is 0.312. The third-order valence-corrected chi connectivity index (χ3v) is 5.13. The number of anilines is 1. The molecule has 2 aliphatic rings. The van der Waals surface area contributed by atoms with Crippen molar-refractivity contribution in [1.82, 2.24) is 9.88 Å². The minimum atomic E-state index is -0.0277.